The number of benzene rings is 1. The minimum absolute atomic E-state index is 0.0777. The third kappa shape index (κ3) is 3.77. The highest BCUT2D eigenvalue weighted by molar-refractivity contribution is 5.96. The van der Waals surface area contributed by atoms with Crippen molar-refractivity contribution in [2.75, 3.05) is 25.9 Å². The number of nitrogens with two attached hydrogens (primary N) is 1. The molecule has 1 aromatic carbocycles. The zero-order valence-electron chi connectivity index (χ0n) is 15.0. The number of halogens is 1. The minimum Gasteiger partial charge on any atom is -0.469 e. The van der Waals surface area contributed by atoms with Crippen LogP contribution in [0.5, 0.6) is 5.88 Å². The van der Waals surface area contributed by atoms with Gasteiger partial charge in [0.2, 0.25) is 11.8 Å². The zero-order chi connectivity index (χ0) is 18.8. The summed E-state index contributed by atoms with van der Waals surface area (Å²) >= 11 is 0. The van der Waals surface area contributed by atoms with Gasteiger partial charge in [0, 0.05) is 30.5 Å². The number of amides is 1. The molecule has 7 heteroatoms. The molecule has 2 heterocycles. The van der Waals surface area contributed by atoms with E-state index in [9.17, 15) is 9.18 Å². The molecule has 26 heavy (non-hydrogen) atoms. The van der Waals surface area contributed by atoms with E-state index < -0.39 is 12.1 Å². The van der Waals surface area contributed by atoms with Crippen LogP contribution in [0.25, 0.3) is 0 Å². The molecule has 1 aliphatic heterocycles. The molecule has 6 nitrogen and oxygen atoms in total. The van der Waals surface area contributed by atoms with Crippen LogP contribution >= 0.6 is 0 Å². The Hall–Kier alpha value is -2.67. The minimum atomic E-state index is -0.713. The molecule has 0 aliphatic carbocycles. The van der Waals surface area contributed by atoms with Crippen molar-refractivity contribution in [2.45, 2.75) is 26.1 Å². The SMILES string of the molecule is CO[C@@H]1CN(C(=O)c2cc(C)ccc2C)C[C@H]1Oc1cc(N)cc(F)n1. The molecule has 0 radical (unpaired) electrons. The van der Waals surface area contributed by atoms with Crippen LogP contribution in [0.4, 0.5) is 10.1 Å². The van der Waals surface area contributed by atoms with Crippen LogP contribution in [0.15, 0.2) is 30.3 Å². The molecule has 1 amide bonds. The topological polar surface area (TPSA) is 77.7 Å². The molecule has 0 unspecified atom stereocenters. The highest BCUT2D eigenvalue weighted by atomic mass is 19.1. The number of hydrogen-bond donors (Lipinski definition) is 1. The van der Waals surface area contributed by atoms with Gasteiger partial charge in [0.05, 0.1) is 13.1 Å². The summed E-state index contributed by atoms with van der Waals surface area (Å²) in [4.78, 5) is 18.3. The fourth-order valence-corrected chi connectivity index (χ4v) is 3.09. The predicted molar refractivity (Wildman–Crippen MR) is 95.6 cm³/mol. The lowest BCUT2D eigenvalue weighted by molar-refractivity contribution is 0.0316. The predicted octanol–water partition coefficient (Wildman–Crippen LogP) is 2.34. The second kappa shape index (κ2) is 7.29. The fraction of sp³-hybridized carbons (Fsp3) is 0.368. The second-order valence-corrected chi connectivity index (χ2v) is 6.52. The zero-order valence-corrected chi connectivity index (χ0v) is 15.0. The number of pyridine rings is 1. The molecule has 138 valence electrons. The summed E-state index contributed by atoms with van der Waals surface area (Å²) in [6, 6.07) is 8.35. The van der Waals surface area contributed by atoms with E-state index in [2.05, 4.69) is 4.98 Å². The number of nitrogen functional groups attached to an aromatic ring is 1. The van der Waals surface area contributed by atoms with Crippen molar-refractivity contribution in [3.63, 3.8) is 0 Å². The molecule has 2 N–H and O–H groups in total. The van der Waals surface area contributed by atoms with Gasteiger partial charge in [-0.3, -0.25) is 4.79 Å². The van der Waals surface area contributed by atoms with Gasteiger partial charge in [-0.25, -0.2) is 0 Å². The molecule has 1 aromatic heterocycles. The maximum atomic E-state index is 13.4. The van der Waals surface area contributed by atoms with Crippen molar-refractivity contribution in [3.05, 3.63) is 53.0 Å². The normalized spacial score (nSPS) is 19.6. The Morgan fingerprint density at radius 3 is 2.65 bits per heavy atom. The van der Waals surface area contributed by atoms with Gasteiger partial charge in [-0.1, -0.05) is 17.7 Å². The lowest BCUT2D eigenvalue weighted by Gasteiger charge is -2.18. The summed E-state index contributed by atoms with van der Waals surface area (Å²) in [5, 5.41) is 0. The number of nitrogens with zero attached hydrogens (tertiary/aromatic N) is 2. The number of ether oxygens (including phenoxy) is 2. The number of anilines is 1. The summed E-state index contributed by atoms with van der Waals surface area (Å²) in [5.74, 6) is -0.711. The van der Waals surface area contributed by atoms with Gasteiger partial charge in [0.25, 0.3) is 5.91 Å². The number of rotatable bonds is 4. The first-order valence-electron chi connectivity index (χ1n) is 8.36. The van der Waals surface area contributed by atoms with Crippen LogP contribution in [0.2, 0.25) is 0 Å². The van der Waals surface area contributed by atoms with E-state index in [1.54, 1.807) is 12.0 Å². The van der Waals surface area contributed by atoms with E-state index in [1.807, 2.05) is 32.0 Å². The monoisotopic (exact) mass is 359 g/mol. The van der Waals surface area contributed by atoms with Gasteiger partial charge in [0.1, 0.15) is 12.2 Å². The molecule has 1 aliphatic rings. The maximum Gasteiger partial charge on any atom is 0.254 e. The Labute approximate surface area is 151 Å². The first-order valence-corrected chi connectivity index (χ1v) is 8.36. The second-order valence-electron chi connectivity index (χ2n) is 6.52. The number of carbonyl (C=O) groups is 1. The molecular weight excluding hydrogens is 337 g/mol. The number of methoxy groups -OCH3 is 1. The van der Waals surface area contributed by atoms with Crippen LogP contribution in [0.1, 0.15) is 21.5 Å². The lowest BCUT2D eigenvalue weighted by atomic mass is 10.0. The van der Waals surface area contributed by atoms with Crippen molar-refractivity contribution >= 4 is 11.6 Å². The highest BCUT2D eigenvalue weighted by Crippen LogP contribution is 2.23. The molecule has 2 atom stereocenters. The molecule has 1 saturated heterocycles. The average Bonchev–Trinajstić information content (AvgIpc) is 2.98. The van der Waals surface area contributed by atoms with Crippen LogP contribution in [-0.2, 0) is 4.74 Å². The highest BCUT2D eigenvalue weighted by Gasteiger charge is 2.38. The van der Waals surface area contributed by atoms with Crippen LogP contribution in [0, 0.1) is 19.8 Å². The van der Waals surface area contributed by atoms with Gasteiger partial charge in [-0.2, -0.15) is 9.37 Å². The lowest BCUT2D eigenvalue weighted by Crippen LogP contribution is -2.32. The first kappa shape index (κ1) is 18.1. The van der Waals surface area contributed by atoms with E-state index >= 15 is 0 Å². The van der Waals surface area contributed by atoms with Crippen LogP contribution < -0.4 is 10.5 Å². The third-order valence-corrected chi connectivity index (χ3v) is 4.49. The molecule has 0 saturated carbocycles. The summed E-state index contributed by atoms with van der Waals surface area (Å²) in [6.07, 6.45) is -0.793. The van der Waals surface area contributed by atoms with Crippen molar-refractivity contribution in [2.24, 2.45) is 0 Å². The molecule has 1 fully saturated rings. The van der Waals surface area contributed by atoms with E-state index in [-0.39, 0.29) is 23.6 Å². The van der Waals surface area contributed by atoms with Gasteiger partial charge < -0.3 is 20.1 Å². The van der Waals surface area contributed by atoms with Gasteiger partial charge >= 0.3 is 0 Å². The van der Waals surface area contributed by atoms with Gasteiger partial charge in [0.15, 0.2) is 0 Å². The maximum absolute atomic E-state index is 13.4. The van der Waals surface area contributed by atoms with Gasteiger partial charge in [-0.05, 0) is 25.5 Å². The molecule has 0 bridgehead atoms. The van der Waals surface area contributed by atoms with Gasteiger partial charge in [-0.15, -0.1) is 0 Å². The Balaban J connectivity index is 1.78. The standard InChI is InChI=1S/C19H22FN3O3/c1-11-4-5-12(2)14(6-11)19(24)23-9-15(25-3)16(10-23)26-18-8-13(21)7-17(20)22-18/h4-8,15-16H,9-10H2,1-3H3,(H2,21,22)/t15-,16-/m1/s1. The summed E-state index contributed by atoms with van der Waals surface area (Å²) in [7, 11) is 1.56. The quantitative estimate of drug-likeness (QED) is 0.848. The molecule has 0 spiro atoms. The van der Waals surface area contributed by atoms with Crippen molar-refractivity contribution in [1.82, 2.24) is 9.88 Å². The number of carbonyl (C=O) groups excluding carboxylic acids is 1. The number of hydrogen-bond acceptors (Lipinski definition) is 5. The largest absolute Gasteiger partial charge is 0.469 e. The number of likely N-dealkylation sites (tertiary alicyclic amines) is 1. The Bertz CT molecular complexity index is 807. The van der Waals surface area contributed by atoms with E-state index in [0.29, 0.717) is 18.7 Å². The fourth-order valence-electron chi connectivity index (χ4n) is 3.09. The van der Waals surface area contributed by atoms with Crippen LogP contribution in [-0.4, -0.2) is 48.2 Å². The average molecular weight is 359 g/mol. The van der Waals surface area contributed by atoms with E-state index in [1.165, 1.54) is 6.07 Å². The first-order chi connectivity index (χ1) is 12.4. The van der Waals surface area contributed by atoms with Crippen molar-refractivity contribution in [1.29, 1.82) is 0 Å². The van der Waals surface area contributed by atoms with E-state index in [4.69, 9.17) is 15.2 Å². The van der Waals surface area contributed by atoms with Crippen LogP contribution in [0.3, 0.4) is 0 Å². The summed E-state index contributed by atoms with van der Waals surface area (Å²) < 4.78 is 24.6. The number of aromatic nitrogens is 1. The summed E-state index contributed by atoms with van der Waals surface area (Å²) in [6.45, 7) is 4.56. The van der Waals surface area contributed by atoms with E-state index in [0.717, 1.165) is 17.2 Å². The third-order valence-electron chi connectivity index (χ3n) is 4.49. The molecular formula is C19H22FN3O3. The smallest absolute Gasteiger partial charge is 0.254 e. The molecule has 3 rings (SSSR count). The Kier molecular flexibility index (Phi) is 5.08. The summed E-state index contributed by atoms with van der Waals surface area (Å²) in [5.41, 5.74) is 8.45. The Morgan fingerprint density at radius 1 is 1.23 bits per heavy atom. The Morgan fingerprint density at radius 2 is 1.96 bits per heavy atom. The number of aryl methyl sites for hydroxylation is 2. The van der Waals surface area contributed by atoms with Crippen molar-refractivity contribution in [3.8, 4) is 5.88 Å². The van der Waals surface area contributed by atoms with Crippen molar-refractivity contribution < 1.29 is 18.7 Å². The molecule has 2 aromatic rings.